The van der Waals surface area contributed by atoms with E-state index in [0.717, 1.165) is 32.0 Å². The summed E-state index contributed by atoms with van der Waals surface area (Å²) < 4.78 is 0. The third-order valence-corrected chi connectivity index (χ3v) is 4.37. The first-order valence-electron chi connectivity index (χ1n) is 7.57. The van der Waals surface area contributed by atoms with E-state index in [-0.39, 0.29) is 0 Å². The number of piperidine rings is 1. The zero-order chi connectivity index (χ0) is 13.8. The van der Waals surface area contributed by atoms with Crippen molar-refractivity contribution in [3.05, 3.63) is 18.3 Å². The van der Waals surface area contributed by atoms with Gasteiger partial charge in [-0.05, 0) is 31.9 Å². The molecule has 1 aromatic rings. The number of anilines is 1. The Hall–Kier alpha value is -1.24. The Bertz CT molecular complexity index is 411. The maximum atomic E-state index is 4.21. The molecule has 0 aliphatic carbocycles. The molecule has 2 aliphatic rings. The Balaban J connectivity index is 1.50. The van der Waals surface area contributed by atoms with E-state index < -0.39 is 0 Å². The summed E-state index contributed by atoms with van der Waals surface area (Å²) >= 11 is 0. The molecular weight excluding hydrogens is 252 g/mol. The van der Waals surface area contributed by atoms with Crippen LogP contribution in [0.2, 0.25) is 0 Å². The molecule has 3 heterocycles. The Labute approximate surface area is 120 Å². The molecule has 2 aliphatic heterocycles. The minimum Gasteiger partial charge on any atom is -0.354 e. The second-order valence-corrected chi connectivity index (χ2v) is 5.85. The zero-order valence-corrected chi connectivity index (χ0v) is 12.0. The average molecular weight is 276 g/mol. The van der Waals surface area contributed by atoms with E-state index in [1.165, 1.54) is 12.8 Å². The number of nitrogens with zero attached hydrogens (tertiary/aromatic N) is 3. The van der Waals surface area contributed by atoms with Gasteiger partial charge in [0, 0.05) is 50.4 Å². The lowest BCUT2D eigenvalue weighted by Gasteiger charge is -2.34. The lowest BCUT2D eigenvalue weighted by atomic mass is 10.0. The second-order valence-electron chi connectivity index (χ2n) is 5.85. The standard InChI is InChI=1S/C14H24N6/c1-11-12(9-17-18-11)8-15-13-4-3-7-20(10-13)14-5-2-6-16-19-14/h2,5-6,11-13,15,17-18H,3-4,7-10H2,1H3. The van der Waals surface area contributed by atoms with Gasteiger partial charge in [0.1, 0.15) is 0 Å². The van der Waals surface area contributed by atoms with Crippen molar-refractivity contribution in [2.45, 2.75) is 31.8 Å². The van der Waals surface area contributed by atoms with E-state index in [0.29, 0.717) is 18.0 Å². The fourth-order valence-electron chi connectivity index (χ4n) is 3.03. The SMILES string of the molecule is CC1NNCC1CNC1CCCN(c2cccnn2)C1. The van der Waals surface area contributed by atoms with Gasteiger partial charge in [0.25, 0.3) is 0 Å². The van der Waals surface area contributed by atoms with Gasteiger partial charge in [0.05, 0.1) is 0 Å². The van der Waals surface area contributed by atoms with Crippen molar-refractivity contribution in [3.8, 4) is 0 Å². The van der Waals surface area contributed by atoms with E-state index in [2.05, 4.69) is 38.2 Å². The van der Waals surface area contributed by atoms with E-state index in [9.17, 15) is 0 Å². The summed E-state index contributed by atoms with van der Waals surface area (Å²) in [6.45, 7) is 6.47. The molecule has 20 heavy (non-hydrogen) atoms. The van der Waals surface area contributed by atoms with Gasteiger partial charge in [-0.25, -0.2) is 0 Å². The molecule has 0 radical (unpaired) electrons. The second kappa shape index (κ2) is 6.47. The molecule has 3 unspecified atom stereocenters. The van der Waals surface area contributed by atoms with Crippen LogP contribution < -0.4 is 21.1 Å². The van der Waals surface area contributed by atoms with Gasteiger partial charge < -0.3 is 10.2 Å². The van der Waals surface area contributed by atoms with Crippen LogP contribution in [0.15, 0.2) is 18.3 Å². The molecular formula is C14H24N6. The highest BCUT2D eigenvalue weighted by atomic mass is 15.4. The van der Waals surface area contributed by atoms with E-state index in [1.54, 1.807) is 6.20 Å². The van der Waals surface area contributed by atoms with Gasteiger partial charge in [0.2, 0.25) is 0 Å². The third kappa shape index (κ3) is 3.26. The quantitative estimate of drug-likeness (QED) is 0.727. The van der Waals surface area contributed by atoms with Crippen LogP contribution in [0.1, 0.15) is 19.8 Å². The summed E-state index contributed by atoms with van der Waals surface area (Å²) in [4.78, 5) is 2.34. The molecule has 2 saturated heterocycles. The van der Waals surface area contributed by atoms with Crippen molar-refractivity contribution in [1.29, 1.82) is 0 Å². The number of hydrogen-bond donors (Lipinski definition) is 3. The average Bonchev–Trinajstić information content (AvgIpc) is 2.92. The fraction of sp³-hybridized carbons (Fsp3) is 0.714. The van der Waals surface area contributed by atoms with Gasteiger partial charge in [-0.3, -0.25) is 10.9 Å². The molecule has 6 heteroatoms. The smallest absolute Gasteiger partial charge is 0.151 e. The molecule has 0 spiro atoms. The monoisotopic (exact) mass is 276 g/mol. The Morgan fingerprint density at radius 1 is 1.50 bits per heavy atom. The molecule has 0 amide bonds. The van der Waals surface area contributed by atoms with Crippen molar-refractivity contribution in [1.82, 2.24) is 26.4 Å². The topological polar surface area (TPSA) is 65.1 Å². The van der Waals surface area contributed by atoms with E-state index >= 15 is 0 Å². The molecule has 1 aromatic heterocycles. The molecule has 6 nitrogen and oxygen atoms in total. The van der Waals surface area contributed by atoms with Crippen molar-refractivity contribution in [2.75, 3.05) is 31.1 Å². The Kier molecular flexibility index (Phi) is 4.44. The van der Waals surface area contributed by atoms with Crippen LogP contribution in [0.3, 0.4) is 0 Å². The molecule has 3 atom stereocenters. The number of hydrazine groups is 1. The van der Waals surface area contributed by atoms with Crippen LogP contribution in [0, 0.1) is 5.92 Å². The Morgan fingerprint density at radius 3 is 3.20 bits per heavy atom. The summed E-state index contributed by atoms with van der Waals surface area (Å²) in [5.74, 6) is 1.67. The first-order chi connectivity index (χ1) is 9.83. The predicted molar refractivity (Wildman–Crippen MR) is 79.4 cm³/mol. The fourth-order valence-corrected chi connectivity index (χ4v) is 3.03. The molecule has 3 rings (SSSR count). The summed E-state index contributed by atoms with van der Waals surface area (Å²) in [7, 11) is 0. The zero-order valence-electron chi connectivity index (χ0n) is 12.0. The van der Waals surface area contributed by atoms with Crippen LogP contribution in [0.5, 0.6) is 0 Å². The lowest BCUT2D eigenvalue weighted by Crippen LogP contribution is -2.48. The first-order valence-corrected chi connectivity index (χ1v) is 7.57. The molecule has 0 bridgehead atoms. The van der Waals surface area contributed by atoms with Gasteiger partial charge in [-0.2, -0.15) is 5.10 Å². The molecule has 110 valence electrons. The van der Waals surface area contributed by atoms with Crippen LogP contribution in [-0.4, -0.2) is 48.5 Å². The summed E-state index contributed by atoms with van der Waals surface area (Å²) in [6, 6.07) is 5.10. The highest BCUT2D eigenvalue weighted by molar-refractivity contribution is 5.37. The predicted octanol–water partition coefficient (Wildman–Crippen LogP) is 0.148. The summed E-state index contributed by atoms with van der Waals surface area (Å²) in [5, 5.41) is 11.9. The number of rotatable bonds is 4. The number of aromatic nitrogens is 2. The van der Waals surface area contributed by atoms with Crippen LogP contribution in [0.25, 0.3) is 0 Å². The largest absolute Gasteiger partial charge is 0.354 e. The van der Waals surface area contributed by atoms with Gasteiger partial charge in [-0.15, -0.1) is 5.10 Å². The highest BCUT2D eigenvalue weighted by Gasteiger charge is 2.25. The minimum atomic E-state index is 0.544. The number of hydrogen-bond acceptors (Lipinski definition) is 6. The van der Waals surface area contributed by atoms with Gasteiger partial charge in [0.15, 0.2) is 5.82 Å². The molecule has 3 N–H and O–H groups in total. The lowest BCUT2D eigenvalue weighted by molar-refractivity contribution is 0.374. The normalized spacial score (nSPS) is 30.6. The van der Waals surface area contributed by atoms with Crippen molar-refractivity contribution < 1.29 is 0 Å². The van der Waals surface area contributed by atoms with Crippen LogP contribution >= 0.6 is 0 Å². The maximum absolute atomic E-state index is 4.21. The highest BCUT2D eigenvalue weighted by Crippen LogP contribution is 2.17. The van der Waals surface area contributed by atoms with Gasteiger partial charge >= 0.3 is 0 Å². The maximum Gasteiger partial charge on any atom is 0.151 e. The number of nitrogens with one attached hydrogen (secondary N) is 3. The van der Waals surface area contributed by atoms with Crippen molar-refractivity contribution >= 4 is 5.82 Å². The molecule has 0 saturated carbocycles. The molecule has 2 fully saturated rings. The van der Waals surface area contributed by atoms with Crippen LogP contribution in [0.4, 0.5) is 5.82 Å². The van der Waals surface area contributed by atoms with Crippen molar-refractivity contribution in [3.63, 3.8) is 0 Å². The van der Waals surface area contributed by atoms with Crippen molar-refractivity contribution in [2.24, 2.45) is 5.92 Å². The van der Waals surface area contributed by atoms with Crippen LogP contribution in [-0.2, 0) is 0 Å². The Morgan fingerprint density at radius 2 is 2.45 bits per heavy atom. The third-order valence-electron chi connectivity index (χ3n) is 4.37. The summed E-state index contributed by atoms with van der Waals surface area (Å²) in [5.41, 5.74) is 6.50. The first kappa shape index (κ1) is 13.7. The molecule has 0 aromatic carbocycles. The van der Waals surface area contributed by atoms with E-state index in [1.807, 2.05) is 12.1 Å². The summed E-state index contributed by atoms with van der Waals surface area (Å²) in [6.07, 6.45) is 4.19. The van der Waals surface area contributed by atoms with E-state index in [4.69, 9.17) is 0 Å². The minimum absolute atomic E-state index is 0.544. The van der Waals surface area contributed by atoms with Gasteiger partial charge in [-0.1, -0.05) is 0 Å².